The summed E-state index contributed by atoms with van der Waals surface area (Å²) in [6.07, 6.45) is 1.52. The van der Waals surface area contributed by atoms with Crippen LogP contribution in [0.5, 0.6) is 0 Å². The summed E-state index contributed by atoms with van der Waals surface area (Å²) in [5.74, 6) is 0. The van der Waals surface area contributed by atoms with Crippen LogP contribution in [0.2, 0.25) is 0 Å². The maximum absolute atomic E-state index is 5.78. The molecule has 1 saturated heterocycles. The van der Waals surface area contributed by atoms with Gasteiger partial charge in [-0.15, -0.1) is 0 Å². The van der Waals surface area contributed by atoms with E-state index in [0.717, 1.165) is 24.0 Å². The molecular weight excluding hydrogens is 242 g/mol. The number of hydrogen-bond donors (Lipinski definition) is 1. The first-order valence-electron chi connectivity index (χ1n) is 4.92. The molecule has 0 aromatic heterocycles. The first-order chi connectivity index (χ1) is 6.86. The molecule has 1 N–H and O–H groups in total. The highest BCUT2D eigenvalue weighted by molar-refractivity contribution is 9.10. The average molecular weight is 256 g/mol. The van der Waals surface area contributed by atoms with Gasteiger partial charge < -0.3 is 10.1 Å². The molecule has 0 radical (unpaired) electrons. The van der Waals surface area contributed by atoms with Crippen molar-refractivity contribution in [3.8, 4) is 0 Å². The van der Waals surface area contributed by atoms with Crippen LogP contribution in [0.25, 0.3) is 0 Å². The van der Waals surface area contributed by atoms with Crippen molar-refractivity contribution >= 4 is 15.9 Å². The van der Waals surface area contributed by atoms with Crippen LogP contribution in [-0.4, -0.2) is 19.2 Å². The molecule has 2 rings (SSSR count). The van der Waals surface area contributed by atoms with Gasteiger partial charge in [0.2, 0.25) is 0 Å². The zero-order chi connectivity index (χ0) is 9.80. The highest BCUT2D eigenvalue weighted by Crippen LogP contribution is 2.18. The molecule has 0 bridgehead atoms. The molecule has 76 valence electrons. The van der Waals surface area contributed by atoms with Crippen molar-refractivity contribution in [2.24, 2.45) is 0 Å². The summed E-state index contributed by atoms with van der Waals surface area (Å²) >= 11 is 3.51. The van der Waals surface area contributed by atoms with Gasteiger partial charge >= 0.3 is 0 Å². The summed E-state index contributed by atoms with van der Waals surface area (Å²) in [6, 6.07) is 8.19. The van der Waals surface area contributed by atoms with Crippen molar-refractivity contribution in [1.82, 2.24) is 5.32 Å². The minimum absolute atomic E-state index is 0.391. The quantitative estimate of drug-likeness (QED) is 0.896. The SMILES string of the molecule is Brc1ccccc1COC1CCNC1. The predicted octanol–water partition coefficient (Wildman–Crippen LogP) is 2.33. The third kappa shape index (κ3) is 2.56. The average Bonchev–Trinajstić information content (AvgIpc) is 2.69. The Morgan fingerprint density at radius 3 is 3.00 bits per heavy atom. The lowest BCUT2D eigenvalue weighted by Crippen LogP contribution is -2.16. The lowest BCUT2D eigenvalue weighted by molar-refractivity contribution is 0.0539. The van der Waals surface area contributed by atoms with Crippen molar-refractivity contribution in [3.63, 3.8) is 0 Å². The fourth-order valence-corrected chi connectivity index (χ4v) is 1.99. The molecule has 1 atom stereocenters. The van der Waals surface area contributed by atoms with Gasteiger partial charge in [-0.05, 0) is 24.6 Å². The first-order valence-corrected chi connectivity index (χ1v) is 5.71. The van der Waals surface area contributed by atoms with E-state index in [1.54, 1.807) is 0 Å². The van der Waals surface area contributed by atoms with E-state index in [2.05, 4.69) is 27.3 Å². The van der Waals surface area contributed by atoms with E-state index >= 15 is 0 Å². The van der Waals surface area contributed by atoms with Gasteiger partial charge in [0, 0.05) is 11.0 Å². The minimum Gasteiger partial charge on any atom is -0.372 e. The van der Waals surface area contributed by atoms with E-state index in [0.29, 0.717) is 12.7 Å². The number of halogens is 1. The van der Waals surface area contributed by atoms with E-state index in [1.165, 1.54) is 5.56 Å². The zero-order valence-electron chi connectivity index (χ0n) is 8.00. The van der Waals surface area contributed by atoms with E-state index in [-0.39, 0.29) is 0 Å². The van der Waals surface area contributed by atoms with Gasteiger partial charge in [-0.2, -0.15) is 0 Å². The normalized spacial score (nSPS) is 21.4. The van der Waals surface area contributed by atoms with E-state index in [4.69, 9.17) is 4.74 Å². The van der Waals surface area contributed by atoms with Gasteiger partial charge in [0.1, 0.15) is 0 Å². The van der Waals surface area contributed by atoms with Gasteiger partial charge in [0.25, 0.3) is 0 Å². The largest absolute Gasteiger partial charge is 0.372 e. The maximum Gasteiger partial charge on any atom is 0.0732 e. The van der Waals surface area contributed by atoms with Crippen LogP contribution < -0.4 is 5.32 Å². The number of hydrogen-bond acceptors (Lipinski definition) is 2. The molecule has 1 aliphatic rings. The molecule has 3 heteroatoms. The molecule has 1 unspecified atom stereocenters. The molecule has 14 heavy (non-hydrogen) atoms. The van der Waals surface area contributed by atoms with Crippen LogP contribution in [0, 0.1) is 0 Å². The van der Waals surface area contributed by atoms with Gasteiger partial charge in [-0.1, -0.05) is 34.1 Å². The third-order valence-corrected chi connectivity index (χ3v) is 3.22. The fraction of sp³-hybridized carbons (Fsp3) is 0.455. The van der Waals surface area contributed by atoms with E-state index < -0.39 is 0 Å². The van der Waals surface area contributed by atoms with Crippen LogP contribution >= 0.6 is 15.9 Å². The second kappa shape index (κ2) is 4.91. The van der Waals surface area contributed by atoms with Crippen LogP contribution in [-0.2, 0) is 11.3 Å². The third-order valence-electron chi connectivity index (χ3n) is 2.45. The molecule has 0 saturated carbocycles. The highest BCUT2D eigenvalue weighted by Gasteiger charge is 2.14. The predicted molar refractivity (Wildman–Crippen MR) is 60.2 cm³/mol. The first kappa shape index (κ1) is 10.1. The summed E-state index contributed by atoms with van der Waals surface area (Å²) in [5, 5.41) is 3.29. The number of benzene rings is 1. The topological polar surface area (TPSA) is 21.3 Å². The highest BCUT2D eigenvalue weighted by atomic mass is 79.9. The van der Waals surface area contributed by atoms with E-state index in [1.807, 2.05) is 18.2 Å². The van der Waals surface area contributed by atoms with Crippen molar-refractivity contribution in [2.75, 3.05) is 13.1 Å². The maximum atomic E-state index is 5.78. The number of rotatable bonds is 3. The van der Waals surface area contributed by atoms with Crippen LogP contribution in [0.4, 0.5) is 0 Å². The number of ether oxygens (including phenoxy) is 1. The summed E-state index contributed by atoms with van der Waals surface area (Å²) in [4.78, 5) is 0. The lowest BCUT2D eigenvalue weighted by atomic mass is 10.2. The molecule has 0 spiro atoms. The van der Waals surface area contributed by atoms with Crippen molar-refractivity contribution in [1.29, 1.82) is 0 Å². The Hall–Kier alpha value is -0.380. The molecule has 0 amide bonds. The molecular formula is C11H14BrNO. The van der Waals surface area contributed by atoms with Crippen LogP contribution in [0.1, 0.15) is 12.0 Å². The Balaban J connectivity index is 1.88. The molecule has 1 aliphatic heterocycles. The molecule has 0 aliphatic carbocycles. The monoisotopic (exact) mass is 255 g/mol. The molecule has 1 heterocycles. The second-order valence-corrected chi connectivity index (χ2v) is 4.37. The summed E-state index contributed by atoms with van der Waals surface area (Å²) < 4.78 is 6.91. The van der Waals surface area contributed by atoms with E-state index in [9.17, 15) is 0 Å². The Kier molecular flexibility index (Phi) is 3.56. The van der Waals surface area contributed by atoms with Crippen molar-refractivity contribution in [2.45, 2.75) is 19.1 Å². The van der Waals surface area contributed by atoms with Crippen molar-refractivity contribution < 1.29 is 4.74 Å². The van der Waals surface area contributed by atoms with Crippen molar-refractivity contribution in [3.05, 3.63) is 34.3 Å². The Bertz CT molecular complexity index is 297. The van der Waals surface area contributed by atoms with Gasteiger partial charge in [0.05, 0.1) is 12.7 Å². The molecule has 1 fully saturated rings. The standard InChI is InChI=1S/C11H14BrNO/c12-11-4-2-1-3-9(11)8-14-10-5-6-13-7-10/h1-4,10,13H,5-8H2. The Morgan fingerprint density at radius 1 is 1.43 bits per heavy atom. The minimum atomic E-state index is 0.391. The summed E-state index contributed by atoms with van der Waals surface area (Å²) in [6.45, 7) is 2.78. The van der Waals surface area contributed by atoms with Gasteiger partial charge in [-0.3, -0.25) is 0 Å². The number of nitrogens with one attached hydrogen (secondary N) is 1. The van der Waals surface area contributed by atoms with Gasteiger partial charge in [-0.25, -0.2) is 0 Å². The summed E-state index contributed by atoms with van der Waals surface area (Å²) in [5.41, 5.74) is 1.22. The lowest BCUT2D eigenvalue weighted by Gasteiger charge is -2.11. The van der Waals surface area contributed by atoms with Crippen LogP contribution in [0.3, 0.4) is 0 Å². The fourth-order valence-electron chi connectivity index (χ4n) is 1.59. The van der Waals surface area contributed by atoms with Gasteiger partial charge in [0.15, 0.2) is 0 Å². The summed E-state index contributed by atoms with van der Waals surface area (Å²) in [7, 11) is 0. The second-order valence-electron chi connectivity index (χ2n) is 3.52. The van der Waals surface area contributed by atoms with Crippen LogP contribution in [0.15, 0.2) is 28.7 Å². The smallest absolute Gasteiger partial charge is 0.0732 e. The zero-order valence-corrected chi connectivity index (χ0v) is 9.59. The Morgan fingerprint density at radius 2 is 2.29 bits per heavy atom. The Labute approximate surface area is 92.8 Å². The molecule has 1 aromatic rings. The molecule has 2 nitrogen and oxygen atoms in total. The molecule has 1 aromatic carbocycles.